The highest BCUT2D eigenvalue weighted by molar-refractivity contribution is 5.98. The van der Waals surface area contributed by atoms with Crippen LogP contribution in [-0.4, -0.2) is 22.8 Å². The Morgan fingerprint density at radius 2 is 2.26 bits per heavy atom. The summed E-state index contributed by atoms with van der Waals surface area (Å²) in [7, 11) is 0. The smallest absolute Gasteiger partial charge is 0.247 e. The lowest BCUT2D eigenvalue weighted by molar-refractivity contribution is -0.121. The van der Waals surface area contributed by atoms with Crippen molar-refractivity contribution in [1.82, 2.24) is 4.90 Å². The van der Waals surface area contributed by atoms with Crippen LogP contribution < -0.4 is 11.1 Å². The summed E-state index contributed by atoms with van der Waals surface area (Å²) in [4.78, 5) is 14.1. The molecule has 5 heteroatoms. The van der Waals surface area contributed by atoms with Crippen LogP contribution in [0.25, 0.3) is 0 Å². The number of amides is 1. The lowest BCUT2D eigenvalue weighted by Gasteiger charge is -2.32. The minimum absolute atomic E-state index is 0.0582. The van der Waals surface area contributed by atoms with Gasteiger partial charge in [0, 0.05) is 12.2 Å². The third kappa shape index (κ3) is 2.54. The summed E-state index contributed by atoms with van der Waals surface area (Å²) in [6.45, 7) is 4.53. The van der Waals surface area contributed by atoms with Crippen LogP contribution in [0.15, 0.2) is 24.3 Å². The Bertz CT molecular complexity index is 500. The van der Waals surface area contributed by atoms with Gasteiger partial charge in [-0.1, -0.05) is 38.5 Å². The van der Waals surface area contributed by atoms with Crippen molar-refractivity contribution in [2.75, 3.05) is 5.32 Å². The number of hydrogen-bond acceptors (Lipinski definition) is 2. The number of nitrogens with two attached hydrogens (primary N) is 1. The van der Waals surface area contributed by atoms with E-state index in [0.717, 1.165) is 17.7 Å². The number of hydrogen-bond donors (Lipinski definition) is 3. The van der Waals surface area contributed by atoms with Crippen molar-refractivity contribution in [2.24, 2.45) is 11.7 Å². The highest BCUT2D eigenvalue weighted by Gasteiger charge is 2.34. The molecular formula is C14H20N4O. The Hall–Kier alpha value is -2.04. The van der Waals surface area contributed by atoms with Gasteiger partial charge in [-0.15, -0.1) is 0 Å². The van der Waals surface area contributed by atoms with E-state index in [1.807, 2.05) is 38.1 Å². The number of carbonyl (C=O) groups is 1. The molecule has 0 bridgehead atoms. The van der Waals surface area contributed by atoms with E-state index in [-0.39, 0.29) is 17.8 Å². The average Bonchev–Trinajstić information content (AvgIpc) is 2.53. The molecule has 1 aliphatic heterocycles. The molecule has 0 aromatic heterocycles. The van der Waals surface area contributed by atoms with Gasteiger partial charge in [0.1, 0.15) is 6.04 Å². The second-order valence-electron chi connectivity index (χ2n) is 4.99. The van der Waals surface area contributed by atoms with Gasteiger partial charge in [0.15, 0.2) is 5.96 Å². The number of benzene rings is 1. The SMILES string of the molecule is CCC(C)[C@H]1C(=O)Nc2ccccc2CN1C(=N)N. The summed E-state index contributed by atoms with van der Waals surface area (Å²) >= 11 is 0. The largest absolute Gasteiger partial charge is 0.370 e. The number of nitrogens with zero attached hydrogens (tertiary/aromatic N) is 1. The van der Waals surface area contributed by atoms with E-state index in [1.165, 1.54) is 0 Å². The highest BCUT2D eigenvalue weighted by atomic mass is 16.2. The van der Waals surface area contributed by atoms with Crippen molar-refractivity contribution in [3.8, 4) is 0 Å². The van der Waals surface area contributed by atoms with Gasteiger partial charge in [-0.05, 0) is 17.5 Å². The van der Waals surface area contributed by atoms with Gasteiger partial charge in [0.25, 0.3) is 0 Å². The number of anilines is 1. The van der Waals surface area contributed by atoms with Crippen LogP contribution in [-0.2, 0) is 11.3 Å². The predicted octanol–water partition coefficient (Wildman–Crippen LogP) is 1.75. The summed E-state index contributed by atoms with van der Waals surface area (Å²) in [5.41, 5.74) is 7.46. The van der Waals surface area contributed by atoms with Crippen molar-refractivity contribution >= 4 is 17.6 Å². The molecule has 1 heterocycles. The summed E-state index contributed by atoms with van der Waals surface area (Å²) in [6.07, 6.45) is 0.859. The molecule has 0 radical (unpaired) electrons. The Morgan fingerprint density at radius 1 is 1.58 bits per heavy atom. The van der Waals surface area contributed by atoms with Crippen LogP contribution in [0.1, 0.15) is 25.8 Å². The first-order valence-electron chi connectivity index (χ1n) is 6.54. The molecule has 1 unspecified atom stereocenters. The number of carbonyl (C=O) groups excluding carboxylic acids is 1. The molecule has 0 saturated carbocycles. The van der Waals surface area contributed by atoms with Crippen molar-refractivity contribution in [3.63, 3.8) is 0 Å². The molecule has 1 aromatic rings. The molecule has 0 aliphatic carbocycles. The van der Waals surface area contributed by atoms with Gasteiger partial charge >= 0.3 is 0 Å². The molecule has 2 rings (SSSR count). The van der Waals surface area contributed by atoms with Crippen LogP contribution >= 0.6 is 0 Å². The fraction of sp³-hybridized carbons (Fsp3) is 0.429. The Labute approximate surface area is 113 Å². The predicted molar refractivity (Wildman–Crippen MR) is 75.8 cm³/mol. The average molecular weight is 260 g/mol. The van der Waals surface area contributed by atoms with Gasteiger partial charge in [0.05, 0.1) is 0 Å². The summed E-state index contributed by atoms with van der Waals surface area (Å²) in [5, 5.41) is 10.7. The molecule has 0 spiro atoms. The first-order chi connectivity index (χ1) is 9.04. The number of rotatable bonds is 2. The fourth-order valence-corrected chi connectivity index (χ4v) is 2.43. The lowest BCUT2D eigenvalue weighted by atomic mass is 9.97. The molecule has 1 aromatic carbocycles. The normalized spacial score (nSPS) is 20.2. The van der Waals surface area contributed by atoms with Gasteiger partial charge in [0.2, 0.25) is 5.91 Å². The summed E-state index contributed by atoms with van der Waals surface area (Å²) < 4.78 is 0. The van der Waals surface area contributed by atoms with E-state index in [1.54, 1.807) is 4.90 Å². The maximum Gasteiger partial charge on any atom is 0.247 e. The van der Waals surface area contributed by atoms with Gasteiger partial charge < -0.3 is 16.0 Å². The number of nitrogens with one attached hydrogen (secondary N) is 2. The van der Waals surface area contributed by atoms with Gasteiger partial charge in [-0.3, -0.25) is 10.2 Å². The van der Waals surface area contributed by atoms with Crippen molar-refractivity contribution < 1.29 is 4.79 Å². The summed E-state index contributed by atoms with van der Waals surface area (Å²) in [5.74, 6) is -0.00938. The minimum Gasteiger partial charge on any atom is -0.370 e. The quantitative estimate of drug-likeness (QED) is 0.559. The topological polar surface area (TPSA) is 82.2 Å². The van der Waals surface area contributed by atoms with Gasteiger partial charge in [-0.2, -0.15) is 0 Å². The second kappa shape index (κ2) is 5.30. The van der Waals surface area contributed by atoms with Gasteiger partial charge in [-0.25, -0.2) is 0 Å². The number of guanidine groups is 1. The maximum absolute atomic E-state index is 12.4. The van der Waals surface area contributed by atoms with E-state index in [2.05, 4.69) is 5.32 Å². The monoisotopic (exact) mass is 260 g/mol. The van der Waals surface area contributed by atoms with Crippen LogP contribution in [0.3, 0.4) is 0 Å². The molecule has 0 saturated heterocycles. The van der Waals surface area contributed by atoms with E-state index in [4.69, 9.17) is 11.1 Å². The molecule has 19 heavy (non-hydrogen) atoms. The molecule has 5 nitrogen and oxygen atoms in total. The number of para-hydroxylation sites is 1. The van der Waals surface area contributed by atoms with Crippen molar-refractivity contribution in [3.05, 3.63) is 29.8 Å². The molecule has 4 N–H and O–H groups in total. The zero-order valence-electron chi connectivity index (χ0n) is 11.3. The van der Waals surface area contributed by atoms with E-state index < -0.39 is 6.04 Å². The van der Waals surface area contributed by atoms with Crippen molar-refractivity contribution in [1.29, 1.82) is 5.41 Å². The molecule has 2 atom stereocenters. The maximum atomic E-state index is 12.4. The molecule has 1 amide bonds. The molecule has 102 valence electrons. The third-order valence-corrected chi connectivity index (χ3v) is 3.71. The Balaban J connectivity index is 2.42. The molecular weight excluding hydrogens is 240 g/mol. The fourth-order valence-electron chi connectivity index (χ4n) is 2.43. The Kier molecular flexibility index (Phi) is 3.74. The number of fused-ring (bicyclic) bond motifs is 1. The summed E-state index contributed by atoms with van der Waals surface area (Å²) in [6, 6.07) is 7.25. The first-order valence-corrected chi connectivity index (χ1v) is 6.54. The molecule has 0 fully saturated rings. The second-order valence-corrected chi connectivity index (χ2v) is 4.99. The third-order valence-electron chi connectivity index (χ3n) is 3.71. The molecule has 1 aliphatic rings. The standard InChI is InChI=1S/C14H20N4O/c1-3-9(2)12-13(19)17-11-7-5-4-6-10(11)8-18(12)14(15)16/h4-7,9,12H,3,8H2,1-2H3,(H3,15,16)(H,17,19)/t9?,12-/m0/s1. The van der Waals surface area contributed by atoms with E-state index in [0.29, 0.717) is 6.54 Å². The van der Waals surface area contributed by atoms with Crippen LogP contribution in [0, 0.1) is 11.3 Å². The Morgan fingerprint density at radius 3 is 2.89 bits per heavy atom. The van der Waals surface area contributed by atoms with Crippen LogP contribution in [0.5, 0.6) is 0 Å². The lowest BCUT2D eigenvalue weighted by Crippen LogP contribution is -2.51. The highest BCUT2D eigenvalue weighted by Crippen LogP contribution is 2.26. The first kappa shape index (κ1) is 13.4. The van der Waals surface area contributed by atoms with E-state index >= 15 is 0 Å². The minimum atomic E-state index is -0.394. The van der Waals surface area contributed by atoms with E-state index in [9.17, 15) is 4.79 Å². The zero-order valence-corrected chi connectivity index (χ0v) is 11.3. The zero-order chi connectivity index (χ0) is 14.0. The van der Waals surface area contributed by atoms with Crippen LogP contribution in [0.4, 0.5) is 5.69 Å². The van der Waals surface area contributed by atoms with Crippen molar-refractivity contribution in [2.45, 2.75) is 32.9 Å². The van der Waals surface area contributed by atoms with Crippen LogP contribution in [0.2, 0.25) is 0 Å².